The molecule has 0 saturated heterocycles. The number of thiophene rings is 1. The monoisotopic (exact) mass is 311 g/mol. The van der Waals surface area contributed by atoms with Gasteiger partial charge in [0.05, 0.1) is 4.88 Å². The van der Waals surface area contributed by atoms with Crippen LogP contribution >= 0.6 is 11.3 Å². The van der Waals surface area contributed by atoms with E-state index in [9.17, 15) is 4.79 Å². The molecule has 6 nitrogen and oxygen atoms in total. The highest BCUT2D eigenvalue weighted by Gasteiger charge is 2.14. The number of nitrogens with one attached hydrogen (secondary N) is 1. The van der Waals surface area contributed by atoms with Crippen molar-refractivity contribution in [1.29, 1.82) is 0 Å². The van der Waals surface area contributed by atoms with Gasteiger partial charge < -0.3 is 0 Å². The molecule has 0 aliphatic rings. The Hall–Kier alpha value is -2.67. The van der Waals surface area contributed by atoms with E-state index in [1.807, 2.05) is 36.6 Å². The van der Waals surface area contributed by atoms with Gasteiger partial charge in [-0.3, -0.25) is 15.1 Å². The third kappa shape index (κ3) is 2.99. The summed E-state index contributed by atoms with van der Waals surface area (Å²) in [6.07, 6.45) is 1.67. The van der Waals surface area contributed by atoms with E-state index < -0.39 is 0 Å². The topological polar surface area (TPSA) is 80.7 Å². The molecule has 0 fully saturated rings. The molecule has 3 aromatic heterocycles. The molecule has 22 heavy (non-hydrogen) atoms. The summed E-state index contributed by atoms with van der Waals surface area (Å²) in [4.78, 5) is 29.8. The predicted molar refractivity (Wildman–Crippen MR) is 84.8 cm³/mol. The number of aromatic nitrogens is 4. The van der Waals surface area contributed by atoms with E-state index in [2.05, 4.69) is 25.3 Å². The Bertz CT molecular complexity index is 816. The van der Waals surface area contributed by atoms with Crippen molar-refractivity contribution in [3.8, 4) is 11.5 Å². The zero-order valence-electron chi connectivity index (χ0n) is 12.1. The average molecular weight is 311 g/mol. The van der Waals surface area contributed by atoms with Crippen molar-refractivity contribution >= 4 is 23.2 Å². The minimum Gasteiger partial charge on any atom is -0.290 e. The van der Waals surface area contributed by atoms with Gasteiger partial charge in [0.1, 0.15) is 11.5 Å². The number of rotatable bonds is 3. The number of hydrogen-bond acceptors (Lipinski definition) is 6. The van der Waals surface area contributed by atoms with E-state index in [0.717, 1.165) is 5.56 Å². The zero-order valence-corrected chi connectivity index (χ0v) is 12.9. The normalized spacial score (nSPS) is 10.5. The van der Waals surface area contributed by atoms with Gasteiger partial charge in [0, 0.05) is 6.20 Å². The molecule has 0 saturated carbocycles. The van der Waals surface area contributed by atoms with Crippen LogP contribution in [0, 0.1) is 13.8 Å². The number of anilines is 1. The first-order valence-corrected chi connectivity index (χ1v) is 7.51. The van der Waals surface area contributed by atoms with E-state index in [1.54, 1.807) is 13.1 Å². The smallest absolute Gasteiger partial charge is 0.268 e. The highest BCUT2D eigenvalue weighted by Crippen LogP contribution is 2.18. The fourth-order valence-corrected chi connectivity index (χ4v) is 2.73. The van der Waals surface area contributed by atoms with Crippen LogP contribution < -0.4 is 5.32 Å². The summed E-state index contributed by atoms with van der Waals surface area (Å²) in [5.41, 5.74) is 1.56. The summed E-state index contributed by atoms with van der Waals surface area (Å²) in [5, 5.41) is 4.59. The van der Waals surface area contributed by atoms with Gasteiger partial charge in [-0.05, 0) is 43.0 Å². The Morgan fingerprint density at radius 1 is 1.14 bits per heavy atom. The zero-order chi connectivity index (χ0) is 15.5. The van der Waals surface area contributed by atoms with Crippen LogP contribution in [0.25, 0.3) is 11.5 Å². The van der Waals surface area contributed by atoms with Crippen LogP contribution in [0.4, 0.5) is 5.95 Å². The van der Waals surface area contributed by atoms with Gasteiger partial charge in [-0.2, -0.15) is 9.97 Å². The second-order valence-electron chi connectivity index (χ2n) is 4.63. The number of carbonyl (C=O) groups is 1. The lowest BCUT2D eigenvalue weighted by molar-refractivity contribution is 0.102. The lowest BCUT2D eigenvalue weighted by Crippen LogP contribution is -2.15. The third-order valence-electron chi connectivity index (χ3n) is 2.93. The van der Waals surface area contributed by atoms with Crippen molar-refractivity contribution in [1.82, 2.24) is 19.9 Å². The molecule has 0 aliphatic heterocycles. The Morgan fingerprint density at radius 3 is 2.68 bits per heavy atom. The average Bonchev–Trinajstić information content (AvgIpc) is 2.94. The van der Waals surface area contributed by atoms with E-state index in [4.69, 9.17) is 0 Å². The molecule has 0 aromatic carbocycles. The van der Waals surface area contributed by atoms with Gasteiger partial charge in [-0.25, -0.2) is 4.98 Å². The number of amides is 1. The van der Waals surface area contributed by atoms with Crippen LogP contribution in [-0.2, 0) is 0 Å². The summed E-state index contributed by atoms with van der Waals surface area (Å²) in [6, 6.07) is 7.38. The summed E-state index contributed by atoms with van der Waals surface area (Å²) in [7, 11) is 0. The summed E-state index contributed by atoms with van der Waals surface area (Å²) < 4.78 is 0. The van der Waals surface area contributed by atoms with Crippen molar-refractivity contribution in [2.45, 2.75) is 13.8 Å². The van der Waals surface area contributed by atoms with Gasteiger partial charge >= 0.3 is 0 Å². The minimum atomic E-state index is -0.218. The molecule has 1 amide bonds. The number of pyridine rings is 1. The van der Waals surface area contributed by atoms with Crippen molar-refractivity contribution < 1.29 is 4.79 Å². The number of aryl methyl sites for hydroxylation is 2. The molecular weight excluding hydrogens is 298 g/mol. The quantitative estimate of drug-likeness (QED) is 0.804. The maximum absolute atomic E-state index is 12.2. The van der Waals surface area contributed by atoms with Crippen LogP contribution in [-0.4, -0.2) is 25.8 Å². The lowest BCUT2D eigenvalue weighted by atomic mass is 10.3. The van der Waals surface area contributed by atoms with Gasteiger partial charge in [-0.15, -0.1) is 11.3 Å². The summed E-state index contributed by atoms with van der Waals surface area (Å²) in [5.74, 6) is 0.969. The maximum atomic E-state index is 12.2. The van der Waals surface area contributed by atoms with Gasteiger partial charge in [0.2, 0.25) is 5.95 Å². The molecule has 0 atom stereocenters. The molecule has 110 valence electrons. The SMILES string of the molecule is Cc1nc(NC(=O)c2sccc2C)nc(-c2ccccn2)n1. The van der Waals surface area contributed by atoms with E-state index in [0.29, 0.717) is 22.2 Å². The molecule has 0 spiro atoms. The van der Waals surface area contributed by atoms with E-state index in [-0.39, 0.29) is 11.9 Å². The second-order valence-corrected chi connectivity index (χ2v) is 5.55. The molecule has 0 aliphatic carbocycles. The van der Waals surface area contributed by atoms with Crippen molar-refractivity contribution in [3.63, 3.8) is 0 Å². The van der Waals surface area contributed by atoms with E-state index in [1.165, 1.54) is 11.3 Å². The van der Waals surface area contributed by atoms with E-state index >= 15 is 0 Å². The highest BCUT2D eigenvalue weighted by atomic mass is 32.1. The first-order valence-electron chi connectivity index (χ1n) is 6.63. The van der Waals surface area contributed by atoms with Crippen molar-refractivity contribution in [2.24, 2.45) is 0 Å². The molecule has 3 aromatic rings. The summed E-state index contributed by atoms with van der Waals surface area (Å²) >= 11 is 1.39. The second kappa shape index (κ2) is 5.98. The minimum absolute atomic E-state index is 0.218. The first kappa shape index (κ1) is 14.3. The fraction of sp³-hybridized carbons (Fsp3) is 0.133. The van der Waals surface area contributed by atoms with Gasteiger partial charge in [-0.1, -0.05) is 6.07 Å². The Kier molecular flexibility index (Phi) is 3.88. The Labute approximate surface area is 131 Å². The van der Waals surface area contributed by atoms with Crippen LogP contribution in [0.15, 0.2) is 35.8 Å². The largest absolute Gasteiger partial charge is 0.290 e. The molecule has 1 N–H and O–H groups in total. The molecule has 3 heterocycles. The standard InChI is InChI=1S/C15H13N5OS/c1-9-6-8-22-12(9)14(21)20-15-18-10(2)17-13(19-15)11-5-3-4-7-16-11/h3-8H,1-2H3,(H,17,18,19,20,21). The highest BCUT2D eigenvalue weighted by molar-refractivity contribution is 7.12. The van der Waals surface area contributed by atoms with Crippen molar-refractivity contribution in [2.75, 3.05) is 5.32 Å². The molecule has 0 bridgehead atoms. The van der Waals surface area contributed by atoms with Crippen LogP contribution in [0.2, 0.25) is 0 Å². The Balaban J connectivity index is 1.90. The van der Waals surface area contributed by atoms with Crippen LogP contribution in [0.3, 0.4) is 0 Å². The first-order chi connectivity index (χ1) is 10.6. The van der Waals surface area contributed by atoms with Gasteiger partial charge in [0.25, 0.3) is 5.91 Å². The summed E-state index contributed by atoms with van der Waals surface area (Å²) in [6.45, 7) is 3.64. The predicted octanol–water partition coefficient (Wildman–Crippen LogP) is 2.86. The van der Waals surface area contributed by atoms with Crippen molar-refractivity contribution in [3.05, 3.63) is 52.1 Å². The van der Waals surface area contributed by atoms with Crippen LogP contribution in [0.1, 0.15) is 21.1 Å². The molecule has 0 unspecified atom stereocenters. The van der Waals surface area contributed by atoms with Crippen LogP contribution in [0.5, 0.6) is 0 Å². The number of hydrogen-bond donors (Lipinski definition) is 1. The number of nitrogens with zero attached hydrogens (tertiary/aromatic N) is 4. The lowest BCUT2D eigenvalue weighted by Gasteiger charge is -2.06. The molecule has 0 radical (unpaired) electrons. The maximum Gasteiger partial charge on any atom is 0.268 e. The Morgan fingerprint density at radius 2 is 2.00 bits per heavy atom. The number of carbonyl (C=O) groups excluding carboxylic acids is 1. The fourth-order valence-electron chi connectivity index (χ4n) is 1.91. The molecular formula is C15H13N5OS. The third-order valence-corrected chi connectivity index (χ3v) is 3.95. The molecule has 3 rings (SSSR count). The van der Waals surface area contributed by atoms with Gasteiger partial charge in [0.15, 0.2) is 5.82 Å². The molecule has 7 heteroatoms.